The van der Waals surface area contributed by atoms with Gasteiger partial charge < -0.3 is 18.9 Å². The lowest BCUT2D eigenvalue weighted by molar-refractivity contribution is -0.132. The lowest BCUT2D eigenvalue weighted by atomic mass is 10.1. The number of hydrogen-bond acceptors (Lipinski definition) is 5. The minimum atomic E-state index is -2.39. The van der Waals surface area contributed by atoms with Crippen LogP contribution in [0.15, 0.2) is 18.2 Å². The second-order valence-corrected chi connectivity index (χ2v) is 10.8. The van der Waals surface area contributed by atoms with Crippen LogP contribution < -0.4 is 9.47 Å². The Hall–Kier alpha value is -1.52. The first-order valence-corrected chi connectivity index (χ1v) is 11.5. The number of hydrogen-bond donors (Lipinski definition) is 0. The van der Waals surface area contributed by atoms with Gasteiger partial charge in [0.2, 0.25) is 5.91 Å². The van der Waals surface area contributed by atoms with Crippen molar-refractivity contribution >= 4 is 13.0 Å². The van der Waals surface area contributed by atoms with Crippen LogP contribution in [0.1, 0.15) is 12.5 Å². The van der Waals surface area contributed by atoms with Crippen LogP contribution in [0.4, 0.5) is 0 Å². The molecule has 2 heterocycles. The minimum absolute atomic E-state index is 0.0207. The van der Waals surface area contributed by atoms with Gasteiger partial charge in [-0.25, -0.2) is 0 Å². The third-order valence-electron chi connectivity index (χ3n) is 4.99. The van der Waals surface area contributed by atoms with Crippen LogP contribution in [-0.4, -0.2) is 74.1 Å². The first kappa shape index (κ1) is 18.3. The molecule has 1 saturated heterocycles. The fourth-order valence-corrected chi connectivity index (χ4v) is 3.80. The summed E-state index contributed by atoms with van der Waals surface area (Å²) >= 11 is 0. The Morgan fingerprint density at radius 1 is 1.12 bits per heavy atom. The van der Waals surface area contributed by atoms with Crippen LogP contribution in [0.5, 0.6) is 11.5 Å². The average Bonchev–Trinajstić information content (AvgIpc) is 2.60. The molecule has 1 atom stereocenters. The molecule has 3 rings (SSSR count). The van der Waals surface area contributed by atoms with E-state index >= 15 is 0 Å². The summed E-state index contributed by atoms with van der Waals surface area (Å²) in [5, 5.41) is 0. The molecule has 1 amide bonds. The van der Waals surface area contributed by atoms with Gasteiger partial charge in [0.15, 0.2) is 11.5 Å². The first-order valence-electron chi connectivity index (χ1n) is 8.79. The van der Waals surface area contributed by atoms with Crippen molar-refractivity contribution < 1.29 is 18.8 Å². The molecule has 1 aromatic carbocycles. The molecule has 6 nitrogen and oxygen atoms in total. The molecule has 25 heavy (non-hydrogen) atoms. The van der Waals surface area contributed by atoms with E-state index in [1.807, 2.05) is 17.0 Å². The Morgan fingerprint density at radius 3 is 2.40 bits per heavy atom. The number of benzene rings is 1. The summed E-state index contributed by atoms with van der Waals surface area (Å²) in [5.74, 6) is 1.64. The number of fused-ring (bicyclic) bond motifs is 1. The van der Waals surface area contributed by atoms with Gasteiger partial charge in [0.1, 0.15) is 13.2 Å². The molecular weight excluding hydrogens is 339 g/mol. The molecule has 2 aliphatic heterocycles. The van der Waals surface area contributed by atoms with E-state index in [1.165, 1.54) is 5.56 Å². The zero-order chi connectivity index (χ0) is 18.0. The van der Waals surface area contributed by atoms with E-state index in [2.05, 4.69) is 11.0 Å². The Morgan fingerprint density at radius 2 is 1.76 bits per heavy atom. The molecule has 0 spiro atoms. The van der Waals surface area contributed by atoms with Crippen molar-refractivity contribution in [3.05, 3.63) is 23.8 Å². The zero-order valence-electron chi connectivity index (χ0n) is 15.2. The molecule has 0 N–H and O–H groups in total. The van der Waals surface area contributed by atoms with Gasteiger partial charge >= 0.3 is 0 Å². The van der Waals surface area contributed by atoms with Crippen molar-refractivity contribution in [2.24, 2.45) is 0 Å². The van der Waals surface area contributed by atoms with Crippen LogP contribution in [0.2, 0.25) is 0 Å². The number of carbonyl (C=O) groups is 1. The summed E-state index contributed by atoms with van der Waals surface area (Å²) < 4.78 is 23.3. The standard InChI is InChI=1S/C18H27N2O4P/c1-14(25(2,3)22)18(21)20-8-6-19(7-9-20)13-15-4-5-16-17(12-15)24-11-10-23-16/h4-5,12,14H,6-11,13H2,1-3H3. The molecule has 7 heteroatoms. The molecule has 138 valence electrons. The lowest BCUT2D eigenvalue weighted by Crippen LogP contribution is -2.50. The maximum atomic E-state index is 12.5. The van der Waals surface area contributed by atoms with Crippen molar-refractivity contribution in [1.82, 2.24) is 9.80 Å². The number of carbonyl (C=O) groups excluding carboxylic acids is 1. The molecule has 0 saturated carbocycles. The van der Waals surface area contributed by atoms with E-state index in [1.54, 1.807) is 20.3 Å². The molecule has 1 fully saturated rings. The fraction of sp³-hybridized carbons (Fsp3) is 0.611. The van der Waals surface area contributed by atoms with E-state index in [4.69, 9.17) is 9.47 Å². The summed E-state index contributed by atoms with van der Waals surface area (Å²) in [7, 11) is -2.39. The number of ether oxygens (including phenoxy) is 2. The van der Waals surface area contributed by atoms with Crippen LogP contribution in [0.25, 0.3) is 0 Å². The predicted octanol–water partition coefficient (Wildman–Crippen LogP) is 2.11. The summed E-state index contributed by atoms with van der Waals surface area (Å²) in [4.78, 5) is 16.7. The van der Waals surface area contributed by atoms with Gasteiger partial charge in [-0.15, -0.1) is 0 Å². The summed E-state index contributed by atoms with van der Waals surface area (Å²) in [6, 6.07) is 6.07. The van der Waals surface area contributed by atoms with Crippen molar-refractivity contribution in [2.75, 3.05) is 52.7 Å². The number of amides is 1. The lowest BCUT2D eigenvalue weighted by Gasteiger charge is -2.36. The molecule has 2 aliphatic rings. The predicted molar refractivity (Wildman–Crippen MR) is 98.2 cm³/mol. The molecule has 0 bridgehead atoms. The fourth-order valence-electron chi connectivity index (χ4n) is 3.10. The van der Waals surface area contributed by atoms with Gasteiger partial charge in [0.25, 0.3) is 0 Å². The Kier molecular flexibility index (Phi) is 5.40. The third-order valence-corrected chi connectivity index (χ3v) is 7.07. The topological polar surface area (TPSA) is 59.1 Å². The third kappa shape index (κ3) is 4.36. The Balaban J connectivity index is 1.54. The Bertz CT molecular complexity index is 680. The van der Waals surface area contributed by atoms with Gasteiger partial charge in [-0.1, -0.05) is 6.07 Å². The SMILES string of the molecule is CC(C(=O)N1CCN(Cc2ccc3c(c2)OCCO3)CC1)P(C)(C)=O. The van der Waals surface area contributed by atoms with Crippen molar-refractivity contribution in [3.8, 4) is 11.5 Å². The van der Waals surface area contributed by atoms with E-state index in [0.29, 0.717) is 26.3 Å². The highest BCUT2D eigenvalue weighted by atomic mass is 31.2. The van der Waals surface area contributed by atoms with Crippen molar-refractivity contribution in [1.29, 1.82) is 0 Å². The number of piperazine rings is 1. The van der Waals surface area contributed by atoms with Crippen LogP contribution >= 0.6 is 7.14 Å². The van der Waals surface area contributed by atoms with Crippen molar-refractivity contribution in [3.63, 3.8) is 0 Å². The summed E-state index contributed by atoms with van der Waals surface area (Å²) in [5.41, 5.74) is 0.792. The average molecular weight is 366 g/mol. The minimum Gasteiger partial charge on any atom is -0.486 e. The normalized spacial score (nSPS) is 19.6. The van der Waals surface area contributed by atoms with E-state index in [-0.39, 0.29) is 5.91 Å². The van der Waals surface area contributed by atoms with Gasteiger partial charge in [-0.3, -0.25) is 9.69 Å². The molecular formula is C18H27N2O4P. The van der Waals surface area contributed by atoms with Crippen LogP contribution in [-0.2, 0) is 15.9 Å². The number of rotatable bonds is 4. The van der Waals surface area contributed by atoms with Crippen molar-refractivity contribution in [2.45, 2.75) is 19.1 Å². The molecule has 0 aromatic heterocycles. The van der Waals surface area contributed by atoms with Gasteiger partial charge in [0.05, 0.1) is 12.8 Å². The molecule has 0 radical (unpaired) electrons. The smallest absolute Gasteiger partial charge is 0.232 e. The molecule has 0 aliphatic carbocycles. The molecule has 1 unspecified atom stereocenters. The monoisotopic (exact) mass is 366 g/mol. The summed E-state index contributed by atoms with van der Waals surface area (Å²) in [6.45, 7) is 10.2. The number of nitrogens with zero attached hydrogens (tertiary/aromatic N) is 2. The maximum absolute atomic E-state index is 12.5. The van der Waals surface area contributed by atoms with Gasteiger partial charge in [-0.05, 0) is 37.9 Å². The Labute approximate surface area is 149 Å². The highest BCUT2D eigenvalue weighted by Gasteiger charge is 2.31. The van der Waals surface area contributed by atoms with E-state index in [0.717, 1.165) is 31.1 Å². The second-order valence-electron chi connectivity index (χ2n) is 7.19. The largest absolute Gasteiger partial charge is 0.486 e. The molecule has 1 aromatic rings. The second kappa shape index (κ2) is 7.38. The first-order chi connectivity index (χ1) is 11.8. The van der Waals surface area contributed by atoms with Gasteiger partial charge in [-0.2, -0.15) is 0 Å². The zero-order valence-corrected chi connectivity index (χ0v) is 16.1. The van der Waals surface area contributed by atoms with Crippen LogP contribution in [0.3, 0.4) is 0 Å². The van der Waals surface area contributed by atoms with Crippen LogP contribution in [0, 0.1) is 0 Å². The quantitative estimate of drug-likeness (QED) is 0.764. The van der Waals surface area contributed by atoms with Gasteiger partial charge in [0, 0.05) is 32.7 Å². The maximum Gasteiger partial charge on any atom is 0.232 e. The highest BCUT2D eigenvalue weighted by molar-refractivity contribution is 7.64. The van der Waals surface area contributed by atoms with E-state index in [9.17, 15) is 9.36 Å². The summed E-state index contributed by atoms with van der Waals surface area (Å²) in [6.07, 6.45) is 0. The van der Waals surface area contributed by atoms with E-state index < -0.39 is 12.8 Å². The highest BCUT2D eigenvalue weighted by Crippen LogP contribution is 2.43.